The lowest BCUT2D eigenvalue weighted by molar-refractivity contribution is 0.194. The molecule has 4 atom stereocenters. The summed E-state index contributed by atoms with van der Waals surface area (Å²) in [4.78, 5) is 0. The minimum atomic E-state index is -0.585. The van der Waals surface area contributed by atoms with Crippen LogP contribution in [0.3, 0.4) is 0 Å². The lowest BCUT2D eigenvalue weighted by Gasteiger charge is -2.42. The molecule has 0 radical (unpaired) electrons. The van der Waals surface area contributed by atoms with E-state index in [2.05, 4.69) is 0 Å². The van der Waals surface area contributed by atoms with Crippen LogP contribution in [0, 0.1) is 16.7 Å². The van der Waals surface area contributed by atoms with Crippen LogP contribution in [-0.2, 0) is 0 Å². The summed E-state index contributed by atoms with van der Waals surface area (Å²) >= 11 is 37.3. The van der Waals surface area contributed by atoms with Crippen LogP contribution in [0.1, 0.15) is 0 Å². The lowest BCUT2D eigenvalue weighted by Crippen LogP contribution is -2.46. The summed E-state index contributed by atoms with van der Waals surface area (Å²) in [7, 11) is 0. The van der Waals surface area contributed by atoms with Gasteiger partial charge in [0.15, 0.2) is 0 Å². The number of hydrogen-bond acceptors (Lipinski definition) is 0. The fraction of sp³-hybridized carbons (Fsp3) is 0.800. The smallest absolute Gasteiger partial charge is 0.0628 e. The molecule has 2 bridgehead atoms. The molecule has 0 heterocycles. The fourth-order valence-corrected chi connectivity index (χ4v) is 6.49. The van der Waals surface area contributed by atoms with Gasteiger partial charge in [-0.1, -0.05) is 17.7 Å². The van der Waals surface area contributed by atoms with Gasteiger partial charge in [-0.15, -0.1) is 58.0 Å². The first-order valence-electron chi connectivity index (χ1n) is 4.85. The lowest BCUT2D eigenvalue weighted by atomic mass is 9.69. The van der Waals surface area contributed by atoms with Crippen molar-refractivity contribution in [3.63, 3.8) is 0 Å². The van der Waals surface area contributed by atoms with E-state index in [1.54, 1.807) is 0 Å². The van der Waals surface area contributed by atoms with Crippen LogP contribution < -0.4 is 0 Å². The maximum atomic E-state index is 6.39. The highest BCUT2D eigenvalue weighted by atomic mass is 35.5. The molecule has 0 aromatic rings. The second-order valence-electron chi connectivity index (χ2n) is 4.41. The van der Waals surface area contributed by atoms with Crippen LogP contribution in [0.25, 0.3) is 0 Å². The Bertz CT molecular complexity index is 323. The number of halogens is 6. The van der Waals surface area contributed by atoms with Crippen molar-refractivity contribution in [3.8, 4) is 0 Å². The van der Waals surface area contributed by atoms with E-state index in [1.807, 2.05) is 6.08 Å². The highest BCUT2D eigenvalue weighted by Gasteiger charge is 2.71. The molecule has 6 heteroatoms. The van der Waals surface area contributed by atoms with Gasteiger partial charge in [0.05, 0.1) is 10.8 Å². The van der Waals surface area contributed by atoms with E-state index in [-0.39, 0.29) is 22.6 Å². The molecular weight excluding hydrogens is 333 g/mol. The van der Waals surface area contributed by atoms with Crippen LogP contribution in [0.15, 0.2) is 11.1 Å². The molecular formula is C10H10Cl6. The van der Waals surface area contributed by atoms with Crippen molar-refractivity contribution >= 4 is 69.6 Å². The van der Waals surface area contributed by atoms with E-state index in [1.165, 1.54) is 0 Å². The van der Waals surface area contributed by atoms with Gasteiger partial charge < -0.3 is 0 Å². The molecule has 0 amide bonds. The SMILES string of the molecule is ClCC1(CCl)[C@H]2C=C(Cl)C1(CCl)[C@@H](Cl)[C@@H]2Cl. The number of fused-ring (bicyclic) bond motifs is 2. The Kier molecular flexibility index (Phi) is 3.95. The highest BCUT2D eigenvalue weighted by Crippen LogP contribution is 2.70. The molecule has 0 spiro atoms. The third-order valence-electron chi connectivity index (χ3n) is 4.06. The zero-order valence-electron chi connectivity index (χ0n) is 8.20. The minimum Gasteiger partial charge on any atom is -0.126 e. The van der Waals surface area contributed by atoms with E-state index in [0.717, 1.165) is 0 Å². The third-order valence-corrected chi connectivity index (χ3v) is 7.19. The summed E-state index contributed by atoms with van der Waals surface area (Å²) < 4.78 is 0. The first kappa shape index (κ1) is 13.9. The largest absolute Gasteiger partial charge is 0.126 e. The molecule has 92 valence electrons. The number of rotatable bonds is 3. The van der Waals surface area contributed by atoms with Crippen molar-refractivity contribution in [1.82, 2.24) is 0 Å². The van der Waals surface area contributed by atoms with Crippen molar-refractivity contribution in [3.05, 3.63) is 11.1 Å². The third kappa shape index (κ3) is 1.33. The van der Waals surface area contributed by atoms with Crippen LogP contribution in [0.4, 0.5) is 0 Å². The maximum absolute atomic E-state index is 6.39. The molecule has 2 aliphatic carbocycles. The number of alkyl halides is 5. The standard InChI is InChI=1S/C10H10Cl6/c11-2-9(3-12)5-1-6(14)10(9,4-13)8(16)7(5)15/h1,5,7-8H,2-4H2/t5-,7+,8-,10?/m0/s1. The van der Waals surface area contributed by atoms with Gasteiger partial charge in [-0.2, -0.15) is 0 Å². The summed E-state index contributed by atoms with van der Waals surface area (Å²) in [5.41, 5.74) is -1.01. The molecule has 0 aliphatic heterocycles. The molecule has 0 nitrogen and oxygen atoms in total. The Balaban J connectivity index is 2.60. The number of hydrogen-bond donors (Lipinski definition) is 0. The number of allylic oxidation sites excluding steroid dienone is 2. The van der Waals surface area contributed by atoms with Crippen LogP contribution in [-0.4, -0.2) is 28.4 Å². The van der Waals surface area contributed by atoms with Gasteiger partial charge >= 0.3 is 0 Å². The Morgan fingerprint density at radius 2 is 1.62 bits per heavy atom. The van der Waals surface area contributed by atoms with E-state index >= 15 is 0 Å². The molecule has 0 saturated heterocycles. The van der Waals surface area contributed by atoms with E-state index in [9.17, 15) is 0 Å². The summed E-state index contributed by atoms with van der Waals surface area (Å²) in [5.74, 6) is 0.994. The molecule has 1 unspecified atom stereocenters. The van der Waals surface area contributed by atoms with E-state index < -0.39 is 10.8 Å². The van der Waals surface area contributed by atoms with Crippen LogP contribution in [0.5, 0.6) is 0 Å². The molecule has 0 N–H and O–H groups in total. The topological polar surface area (TPSA) is 0 Å². The van der Waals surface area contributed by atoms with Gasteiger partial charge in [0.2, 0.25) is 0 Å². The fourth-order valence-electron chi connectivity index (χ4n) is 2.98. The first-order chi connectivity index (χ1) is 7.51. The van der Waals surface area contributed by atoms with Gasteiger partial charge in [-0.3, -0.25) is 0 Å². The Hall–Kier alpha value is 1.48. The normalized spacial score (nSPS) is 44.9. The zero-order valence-corrected chi connectivity index (χ0v) is 12.7. The second-order valence-corrected chi connectivity index (χ2v) is 6.60. The predicted molar refractivity (Wildman–Crippen MR) is 73.7 cm³/mol. The molecule has 2 rings (SSSR count). The Morgan fingerprint density at radius 1 is 1.06 bits per heavy atom. The minimum absolute atomic E-state index is 0.00193. The summed E-state index contributed by atoms with van der Waals surface area (Å²) in [6, 6.07) is 0. The first-order valence-corrected chi connectivity index (χ1v) is 7.71. The van der Waals surface area contributed by atoms with Gasteiger partial charge in [-0.05, 0) is 0 Å². The van der Waals surface area contributed by atoms with Gasteiger partial charge in [-0.25, -0.2) is 0 Å². The average molecular weight is 343 g/mol. The molecule has 1 fully saturated rings. The summed E-state index contributed by atoms with van der Waals surface area (Å²) in [6.07, 6.45) is 1.92. The van der Waals surface area contributed by atoms with Crippen molar-refractivity contribution in [2.45, 2.75) is 10.8 Å². The summed E-state index contributed by atoms with van der Waals surface area (Å²) in [6.45, 7) is 0. The highest BCUT2D eigenvalue weighted by molar-refractivity contribution is 6.38. The predicted octanol–water partition coefficient (Wildman–Crippen LogP) is 4.66. The van der Waals surface area contributed by atoms with Crippen molar-refractivity contribution in [1.29, 1.82) is 0 Å². The quantitative estimate of drug-likeness (QED) is 0.654. The molecule has 16 heavy (non-hydrogen) atoms. The molecule has 0 aromatic carbocycles. The molecule has 1 saturated carbocycles. The molecule has 2 aliphatic rings. The zero-order chi connectivity index (χ0) is 12.1. The maximum Gasteiger partial charge on any atom is 0.0628 e. The molecule has 0 aromatic heterocycles. The van der Waals surface area contributed by atoms with Gasteiger partial charge in [0, 0.05) is 39.4 Å². The van der Waals surface area contributed by atoms with Crippen LogP contribution in [0.2, 0.25) is 0 Å². The van der Waals surface area contributed by atoms with Crippen LogP contribution >= 0.6 is 69.6 Å². The van der Waals surface area contributed by atoms with Gasteiger partial charge in [0.1, 0.15) is 0 Å². The second kappa shape index (κ2) is 4.54. The van der Waals surface area contributed by atoms with E-state index in [0.29, 0.717) is 16.8 Å². The van der Waals surface area contributed by atoms with Gasteiger partial charge in [0.25, 0.3) is 0 Å². The van der Waals surface area contributed by atoms with Crippen molar-refractivity contribution in [2.75, 3.05) is 17.6 Å². The van der Waals surface area contributed by atoms with Crippen molar-refractivity contribution < 1.29 is 0 Å². The van der Waals surface area contributed by atoms with E-state index in [4.69, 9.17) is 69.6 Å². The monoisotopic (exact) mass is 340 g/mol. The van der Waals surface area contributed by atoms with Crippen molar-refractivity contribution in [2.24, 2.45) is 16.7 Å². The average Bonchev–Trinajstić information content (AvgIpc) is 2.65. The Morgan fingerprint density at radius 3 is 2.00 bits per heavy atom. The summed E-state index contributed by atoms with van der Waals surface area (Å²) in [5, 5.41) is 0.109. The Labute approximate surface area is 125 Å².